The van der Waals surface area contributed by atoms with E-state index in [1.165, 1.54) is 0 Å². The van der Waals surface area contributed by atoms with E-state index in [4.69, 9.17) is 5.73 Å². The fraction of sp³-hybridized carbons (Fsp3) is 0.500. The fourth-order valence-corrected chi connectivity index (χ4v) is 3.34. The predicted molar refractivity (Wildman–Crippen MR) is 96.0 cm³/mol. The molecule has 3 rings (SSSR count). The van der Waals surface area contributed by atoms with Gasteiger partial charge in [0.05, 0.1) is 5.52 Å². The summed E-state index contributed by atoms with van der Waals surface area (Å²) in [5.41, 5.74) is 7.11. The number of hydrogen-bond donors (Lipinski definition) is 3. The lowest BCUT2D eigenvalue weighted by Gasteiger charge is -2.33. The summed E-state index contributed by atoms with van der Waals surface area (Å²) in [4.78, 5) is 26.4. The van der Waals surface area contributed by atoms with Crippen molar-refractivity contribution in [2.24, 2.45) is 11.7 Å². The van der Waals surface area contributed by atoms with Gasteiger partial charge in [-0.25, -0.2) is 0 Å². The quantitative estimate of drug-likeness (QED) is 0.760. The number of benzene rings is 1. The van der Waals surface area contributed by atoms with Crippen molar-refractivity contribution in [2.75, 3.05) is 19.6 Å². The number of likely N-dealkylation sites (tertiary alicyclic amines) is 1. The van der Waals surface area contributed by atoms with Crippen LogP contribution in [0.5, 0.6) is 0 Å². The Balaban J connectivity index is 1.46. The molecule has 1 aromatic heterocycles. The van der Waals surface area contributed by atoms with Gasteiger partial charge in [-0.3, -0.25) is 14.7 Å². The SMILES string of the molecule is CC(N)C1CCN(C(=O)CCNC(=O)c2n[nH]c3ccccc23)CC1. The van der Waals surface area contributed by atoms with Crippen LogP contribution in [0.4, 0.5) is 0 Å². The van der Waals surface area contributed by atoms with Crippen molar-refractivity contribution in [3.8, 4) is 0 Å². The van der Waals surface area contributed by atoms with Gasteiger partial charge in [-0.15, -0.1) is 0 Å². The maximum atomic E-state index is 12.3. The maximum Gasteiger partial charge on any atom is 0.272 e. The number of carbonyl (C=O) groups excluding carboxylic acids is 2. The largest absolute Gasteiger partial charge is 0.350 e. The number of nitrogens with two attached hydrogens (primary N) is 1. The van der Waals surface area contributed by atoms with Gasteiger partial charge < -0.3 is 16.0 Å². The van der Waals surface area contributed by atoms with Gasteiger partial charge in [0.25, 0.3) is 5.91 Å². The van der Waals surface area contributed by atoms with Crippen LogP contribution in [0.1, 0.15) is 36.7 Å². The summed E-state index contributed by atoms with van der Waals surface area (Å²) in [5.74, 6) is 0.313. The second-order valence-corrected chi connectivity index (χ2v) is 6.70. The smallest absolute Gasteiger partial charge is 0.272 e. The Morgan fingerprint density at radius 3 is 2.80 bits per heavy atom. The summed E-state index contributed by atoms with van der Waals surface area (Å²) in [6.45, 7) is 3.84. The van der Waals surface area contributed by atoms with Gasteiger partial charge in [0.15, 0.2) is 5.69 Å². The van der Waals surface area contributed by atoms with Crippen molar-refractivity contribution in [3.05, 3.63) is 30.0 Å². The van der Waals surface area contributed by atoms with E-state index in [2.05, 4.69) is 15.5 Å². The number of aromatic nitrogens is 2. The molecule has 0 aliphatic carbocycles. The summed E-state index contributed by atoms with van der Waals surface area (Å²) in [6, 6.07) is 7.65. The Labute approximate surface area is 146 Å². The lowest BCUT2D eigenvalue weighted by molar-refractivity contribution is -0.132. The zero-order valence-electron chi connectivity index (χ0n) is 14.5. The van der Waals surface area contributed by atoms with Crippen LogP contribution in [-0.2, 0) is 4.79 Å². The van der Waals surface area contributed by atoms with Gasteiger partial charge in [0.2, 0.25) is 5.91 Å². The van der Waals surface area contributed by atoms with Crippen molar-refractivity contribution in [3.63, 3.8) is 0 Å². The Kier molecular flexibility index (Phi) is 5.33. The summed E-state index contributed by atoms with van der Waals surface area (Å²) in [7, 11) is 0. The zero-order chi connectivity index (χ0) is 17.8. The Bertz CT molecular complexity index is 747. The monoisotopic (exact) mass is 343 g/mol. The van der Waals surface area contributed by atoms with Crippen molar-refractivity contribution < 1.29 is 9.59 Å². The summed E-state index contributed by atoms with van der Waals surface area (Å²) >= 11 is 0. The molecule has 0 spiro atoms. The first kappa shape index (κ1) is 17.4. The van der Waals surface area contributed by atoms with E-state index in [1.807, 2.05) is 36.1 Å². The molecular weight excluding hydrogens is 318 g/mol. The Hall–Kier alpha value is -2.41. The molecule has 1 aliphatic heterocycles. The van der Waals surface area contributed by atoms with Gasteiger partial charge in [0, 0.05) is 37.5 Å². The maximum absolute atomic E-state index is 12.3. The Morgan fingerprint density at radius 2 is 2.08 bits per heavy atom. The number of carbonyl (C=O) groups is 2. The second kappa shape index (κ2) is 7.65. The summed E-state index contributed by atoms with van der Waals surface area (Å²) in [5, 5.41) is 10.5. The van der Waals surface area contributed by atoms with E-state index in [0.29, 0.717) is 24.6 Å². The predicted octanol–water partition coefficient (Wildman–Crippen LogP) is 1.27. The highest BCUT2D eigenvalue weighted by molar-refractivity contribution is 6.04. The number of piperidine rings is 1. The lowest BCUT2D eigenvalue weighted by atomic mass is 9.91. The van der Waals surface area contributed by atoms with Crippen LogP contribution in [0.3, 0.4) is 0 Å². The molecule has 2 aromatic rings. The highest BCUT2D eigenvalue weighted by Crippen LogP contribution is 2.20. The van der Waals surface area contributed by atoms with Crippen LogP contribution in [-0.4, -0.2) is 52.6 Å². The first-order valence-corrected chi connectivity index (χ1v) is 8.81. The van der Waals surface area contributed by atoms with E-state index in [9.17, 15) is 9.59 Å². The van der Waals surface area contributed by atoms with E-state index < -0.39 is 0 Å². The van der Waals surface area contributed by atoms with Crippen LogP contribution < -0.4 is 11.1 Å². The number of aromatic amines is 1. The third-order valence-electron chi connectivity index (χ3n) is 4.95. The molecule has 2 heterocycles. The van der Waals surface area contributed by atoms with Gasteiger partial charge in [-0.2, -0.15) is 5.10 Å². The topological polar surface area (TPSA) is 104 Å². The average Bonchev–Trinajstić information content (AvgIpc) is 3.05. The zero-order valence-corrected chi connectivity index (χ0v) is 14.5. The third kappa shape index (κ3) is 3.99. The fourth-order valence-electron chi connectivity index (χ4n) is 3.34. The summed E-state index contributed by atoms with van der Waals surface area (Å²) < 4.78 is 0. The number of nitrogens with zero attached hydrogens (tertiary/aromatic N) is 2. The minimum Gasteiger partial charge on any atom is -0.350 e. The molecule has 1 atom stereocenters. The normalized spacial score (nSPS) is 16.8. The van der Waals surface area contributed by atoms with Crippen LogP contribution in [0.25, 0.3) is 10.9 Å². The molecule has 1 unspecified atom stereocenters. The molecule has 1 aliphatic rings. The van der Waals surface area contributed by atoms with Crippen molar-refractivity contribution in [2.45, 2.75) is 32.2 Å². The van der Waals surface area contributed by atoms with Crippen molar-refractivity contribution >= 4 is 22.7 Å². The van der Waals surface area contributed by atoms with E-state index in [1.54, 1.807) is 0 Å². The number of rotatable bonds is 5. The molecule has 7 nitrogen and oxygen atoms in total. The average molecular weight is 343 g/mol. The molecule has 1 aromatic carbocycles. The lowest BCUT2D eigenvalue weighted by Crippen LogP contribution is -2.43. The molecule has 4 N–H and O–H groups in total. The number of nitrogens with one attached hydrogen (secondary N) is 2. The third-order valence-corrected chi connectivity index (χ3v) is 4.95. The molecule has 0 bridgehead atoms. The highest BCUT2D eigenvalue weighted by atomic mass is 16.2. The number of fused-ring (bicyclic) bond motifs is 1. The molecule has 2 amide bonds. The molecule has 134 valence electrons. The first-order valence-electron chi connectivity index (χ1n) is 8.81. The second-order valence-electron chi connectivity index (χ2n) is 6.70. The number of para-hydroxylation sites is 1. The van der Waals surface area contributed by atoms with Crippen molar-refractivity contribution in [1.82, 2.24) is 20.4 Å². The molecular formula is C18H25N5O2. The van der Waals surface area contributed by atoms with E-state index in [0.717, 1.165) is 36.8 Å². The molecule has 1 saturated heterocycles. The van der Waals surface area contributed by atoms with Gasteiger partial charge in [-0.1, -0.05) is 18.2 Å². The highest BCUT2D eigenvalue weighted by Gasteiger charge is 2.24. The first-order chi connectivity index (χ1) is 12.1. The number of hydrogen-bond acceptors (Lipinski definition) is 4. The van der Waals surface area contributed by atoms with Crippen LogP contribution in [0, 0.1) is 5.92 Å². The minimum atomic E-state index is -0.263. The van der Waals surface area contributed by atoms with Crippen LogP contribution in [0.2, 0.25) is 0 Å². The summed E-state index contributed by atoms with van der Waals surface area (Å²) in [6.07, 6.45) is 2.21. The van der Waals surface area contributed by atoms with E-state index in [-0.39, 0.29) is 17.9 Å². The minimum absolute atomic E-state index is 0.0790. The standard InChI is InChI=1S/C18H25N5O2/c1-12(19)13-7-10-23(11-8-13)16(24)6-9-20-18(25)17-14-4-2-3-5-15(14)21-22-17/h2-5,12-13H,6-11,19H2,1H3,(H,20,25)(H,21,22). The van der Waals surface area contributed by atoms with Gasteiger partial charge in [0.1, 0.15) is 0 Å². The van der Waals surface area contributed by atoms with Gasteiger partial charge in [-0.05, 0) is 31.7 Å². The number of amides is 2. The van der Waals surface area contributed by atoms with Crippen LogP contribution >= 0.6 is 0 Å². The molecule has 1 fully saturated rings. The van der Waals surface area contributed by atoms with Crippen molar-refractivity contribution in [1.29, 1.82) is 0 Å². The van der Waals surface area contributed by atoms with Crippen LogP contribution in [0.15, 0.2) is 24.3 Å². The molecule has 25 heavy (non-hydrogen) atoms. The molecule has 0 saturated carbocycles. The van der Waals surface area contributed by atoms with Gasteiger partial charge >= 0.3 is 0 Å². The molecule has 7 heteroatoms. The molecule has 0 radical (unpaired) electrons. The number of H-pyrrole nitrogens is 1. The van der Waals surface area contributed by atoms with E-state index >= 15 is 0 Å². The Morgan fingerprint density at radius 1 is 1.36 bits per heavy atom.